The molecule has 1 atom stereocenters. The first kappa shape index (κ1) is 12.5. The zero-order valence-electron chi connectivity index (χ0n) is 9.12. The molecule has 0 aliphatic carbocycles. The molecule has 0 spiro atoms. The Balaban J connectivity index is 3.12. The number of rotatable bonds is 4. The number of halogens is 1. The lowest BCUT2D eigenvalue weighted by Gasteiger charge is -2.13. The zero-order valence-corrected chi connectivity index (χ0v) is 9.88. The number of nitrogens with zero attached hydrogens (tertiary/aromatic N) is 2. The van der Waals surface area contributed by atoms with Crippen molar-refractivity contribution in [2.75, 3.05) is 5.32 Å². The molecule has 1 aromatic rings. The molecule has 0 amide bonds. The largest absolute Gasteiger partial charge is 0.356 e. The van der Waals surface area contributed by atoms with Gasteiger partial charge < -0.3 is 5.32 Å². The number of aryl methyl sites for hydroxylation is 1. The Morgan fingerprint density at radius 1 is 1.62 bits per heavy atom. The Labute approximate surface area is 99.4 Å². The highest BCUT2D eigenvalue weighted by molar-refractivity contribution is 6.32. The molecule has 1 rings (SSSR count). The van der Waals surface area contributed by atoms with E-state index in [2.05, 4.69) is 21.2 Å². The minimum Gasteiger partial charge on any atom is -0.356 e. The highest BCUT2D eigenvalue weighted by Crippen LogP contribution is 2.19. The minimum atomic E-state index is -0.177. The first-order chi connectivity index (χ1) is 7.62. The fraction of sp³-hybridized carbons (Fsp3) is 0.364. The van der Waals surface area contributed by atoms with Crippen molar-refractivity contribution in [3.63, 3.8) is 0 Å². The van der Waals surface area contributed by atoms with Crippen LogP contribution in [0.15, 0.2) is 0 Å². The molecule has 0 radical (unpaired) electrons. The summed E-state index contributed by atoms with van der Waals surface area (Å²) in [4.78, 5) is 18.9. The fourth-order valence-electron chi connectivity index (χ4n) is 1.19. The Bertz CT molecular complexity index is 440. The minimum absolute atomic E-state index is 0.136. The molecular weight excluding hydrogens is 226 g/mol. The highest BCUT2D eigenvalue weighted by Gasteiger charge is 2.13. The van der Waals surface area contributed by atoms with Gasteiger partial charge in [-0.3, -0.25) is 4.79 Å². The number of aldehydes is 1. The van der Waals surface area contributed by atoms with Crippen LogP contribution in [-0.4, -0.2) is 22.3 Å². The van der Waals surface area contributed by atoms with Gasteiger partial charge in [-0.2, -0.15) is 0 Å². The number of carbonyl (C=O) groups excluding carboxylic acids is 1. The van der Waals surface area contributed by atoms with Gasteiger partial charge in [0.1, 0.15) is 16.8 Å². The van der Waals surface area contributed by atoms with Crippen LogP contribution < -0.4 is 5.32 Å². The van der Waals surface area contributed by atoms with Crippen LogP contribution in [0.3, 0.4) is 0 Å². The van der Waals surface area contributed by atoms with Crippen molar-refractivity contribution >= 4 is 23.7 Å². The SMILES string of the molecule is C#CC(CC)Nc1nc(C)nc(Cl)c1C=O. The Morgan fingerprint density at radius 2 is 2.31 bits per heavy atom. The average molecular weight is 238 g/mol. The van der Waals surface area contributed by atoms with Crippen LogP contribution in [-0.2, 0) is 0 Å². The molecule has 1 N–H and O–H groups in total. The van der Waals surface area contributed by atoms with Crippen LogP contribution in [0.25, 0.3) is 0 Å². The molecule has 1 unspecified atom stereocenters. The van der Waals surface area contributed by atoms with E-state index in [0.717, 1.165) is 6.42 Å². The number of anilines is 1. The van der Waals surface area contributed by atoms with E-state index >= 15 is 0 Å². The van der Waals surface area contributed by atoms with Crippen molar-refractivity contribution in [1.82, 2.24) is 9.97 Å². The van der Waals surface area contributed by atoms with E-state index < -0.39 is 0 Å². The Hall–Kier alpha value is -1.60. The third-order valence-electron chi connectivity index (χ3n) is 2.05. The molecule has 0 saturated carbocycles. The summed E-state index contributed by atoms with van der Waals surface area (Å²) >= 11 is 5.83. The molecule has 0 aliphatic rings. The molecule has 0 aliphatic heterocycles. The van der Waals surface area contributed by atoms with E-state index in [4.69, 9.17) is 18.0 Å². The van der Waals surface area contributed by atoms with Gasteiger partial charge in [0.25, 0.3) is 0 Å². The van der Waals surface area contributed by atoms with E-state index in [1.54, 1.807) is 6.92 Å². The van der Waals surface area contributed by atoms with Gasteiger partial charge in [-0.15, -0.1) is 6.42 Å². The van der Waals surface area contributed by atoms with E-state index in [1.165, 1.54) is 0 Å². The van der Waals surface area contributed by atoms with Crippen molar-refractivity contribution in [2.45, 2.75) is 26.3 Å². The molecule has 0 aromatic carbocycles. The predicted octanol–water partition coefficient (Wildman–Crippen LogP) is 2.07. The summed E-state index contributed by atoms with van der Waals surface area (Å²) < 4.78 is 0. The maximum absolute atomic E-state index is 10.9. The standard InChI is InChI=1S/C11H12ClN3O/c1-4-8(5-2)15-11-9(6-16)10(12)13-7(3)14-11/h1,6,8H,5H2,2-3H3,(H,13,14,15). The van der Waals surface area contributed by atoms with E-state index in [-0.39, 0.29) is 16.8 Å². The molecule has 0 fully saturated rings. The number of terminal acetylenes is 1. The molecule has 0 bridgehead atoms. The van der Waals surface area contributed by atoms with Crippen LogP contribution in [0, 0.1) is 19.3 Å². The fourth-order valence-corrected chi connectivity index (χ4v) is 1.44. The predicted molar refractivity (Wildman–Crippen MR) is 63.7 cm³/mol. The Morgan fingerprint density at radius 3 is 2.81 bits per heavy atom. The quantitative estimate of drug-likeness (QED) is 0.495. The molecular formula is C11H12ClN3O. The second kappa shape index (κ2) is 5.47. The summed E-state index contributed by atoms with van der Waals surface area (Å²) in [5.41, 5.74) is 0.237. The monoisotopic (exact) mass is 237 g/mol. The van der Waals surface area contributed by atoms with E-state index in [9.17, 15) is 4.79 Å². The summed E-state index contributed by atoms with van der Waals surface area (Å²) in [7, 11) is 0. The molecule has 84 valence electrons. The van der Waals surface area contributed by atoms with Crippen molar-refractivity contribution in [3.8, 4) is 12.3 Å². The van der Waals surface area contributed by atoms with Gasteiger partial charge in [0.05, 0.1) is 11.6 Å². The van der Waals surface area contributed by atoms with E-state index in [1.807, 2.05) is 6.92 Å². The van der Waals surface area contributed by atoms with Gasteiger partial charge in [-0.1, -0.05) is 24.4 Å². The Kier molecular flexibility index (Phi) is 4.27. The maximum atomic E-state index is 10.9. The lowest BCUT2D eigenvalue weighted by Crippen LogP contribution is -2.18. The highest BCUT2D eigenvalue weighted by atomic mass is 35.5. The van der Waals surface area contributed by atoms with Gasteiger partial charge >= 0.3 is 0 Å². The lowest BCUT2D eigenvalue weighted by atomic mass is 10.2. The molecule has 0 saturated heterocycles. The third kappa shape index (κ3) is 2.71. The smallest absolute Gasteiger partial charge is 0.156 e. The van der Waals surface area contributed by atoms with Crippen LogP contribution in [0.1, 0.15) is 29.5 Å². The first-order valence-electron chi connectivity index (χ1n) is 4.84. The van der Waals surface area contributed by atoms with Gasteiger partial charge in [-0.25, -0.2) is 9.97 Å². The number of aromatic nitrogens is 2. The summed E-state index contributed by atoms with van der Waals surface area (Å²) in [6.45, 7) is 3.64. The van der Waals surface area contributed by atoms with Gasteiger partial charge in [-0.05, 0) is 13.3 Å². The normalized spacial score (nSPS) is 11.6. The van der Waals surface area contributed by atoms with Crippen molar-refractivity contribution in [2.24, 2.45) is 0 Å². The first-order valence-corrected chi connectivity index (χ1v) is 5.22. The zero-order chi connectivity index (χ0) is 12.1. The third-order valence-corrected chi connectivity index (χ3v) is 2.34. The van der Waals surface area contributed by atoms with Gasteiger partial charge in [0.2, 0.25) is 0 Å². The number of nitrogens with one attached hydrogen (secondary N) is 1. The van der Waals surface area contributed by atoms with Crippen LogP contribution >= 0.6 is 11.6 Å². The molecule has 1 heterocycles. The molecule has 4 nitrogen and oxygen atoms in total. The maximum Gasteiger partial charge on any atom is 0.156 e. The second-order valence-corrected chi connectivity index (χ2v) is 3.57. The second-order valence-electron chi connectivity index (χ2n) is 3.21. The lowest BCUT2D eigenvalue weighted by molar-refractivity contribution is 0.112. The van der Waals surface area contributed by atoms with Crippen LogP contribution in [0.2, 0.25) is 5.15 Å². The van der Waals surface area contributed by atoms with Crippen molar-refractivity contribution in [3.05, 3.63) is 16.5 Å². The number of carbonyl (C=O) groups is 1. The average Bonchev–Trinajstić information content (AvgIpc) is 2.25. The molecule has 5 heteroatoms. The van der Waals surface area contributed by atoms with E-state index in [0.29, 0.717) is 17.9 Å². The van der Waals surface area contributed by atoms with Crippen molar-refractivity contribution < 1.29 is 4.79 Å². The number of hydrogen-bond donors (Lipinski definition) is 1. The van der Waals surface area contributed by atoms with Crippen LogP contribution in [0.4, 0.5) is 5.82 Å². The summed E-state index contributed by atoms with van der Waals surface area (Å²) in [6.07, 6.45) is 6.67. The molecule has 16 heavy (non-hydrogen) atoms. The summed E-state index contributed by atoms with van der Waals surface area (Å²) in [6, 6.07) is -0.177. The summed E-state index contributed by atoms with van der Waals surface area (Å²) in [5.74, 6) is 3.44. The van der Waals surface area contributed by atoms with Crippen molar-refractivity contribution in [1.29, 1.82) is 0 Å². The van der Waals surface area contributed by atoms with Gasteiger partial charge in [0, 0.05) is 0 Å². The topological polar surface area (TPSA) is 54.9 Å². The number of hydrogen-bond acceptors (Lipinski definition) is 4. The summed E-state index contributed by atoms with van der Waals surface area (Å²) in [5, 5.41) is 3.11. The van der Waals surface area contributed by atoms with Crippen LogP contribution in [0.5, 0.6) is 0 Å². The van der Waals surface area contributed by atoms with Gasteiger partial charge in [0.15, 0.2) is 6.29 Å². The molecule has 1 aromatic heterocycles.